The largest absolute Gasteiger partial charge is 0.494 e. The third-order valence-corrected chi connectivity index (χ3v) is 7.36. The molecule has 2 N–H and O–H groups in total. The average Bonchev–Trinajstić information content (AvgIpc) is 3.50. The number of nitrogens with one attached hydrogen (secondary N) is 2. The number of H-pyrrole nitrogens is 1. The van der Waals surface area contributed by atoms with Crippen LogP contribution in [0.2, 0.25) is 0 Å². The molecule has 38 heavy (non-hydrogen) atoms. The lowest BCUT2D eigenvalue weighted by Crippen LogP contribution is -2.41. The van der Waals surface area contributed by atoms with Crippen LogP contribution in [0, 0.1) is 0 Å². The number of amidine groups is 2. The number of aliphatic imine (C=N–C) groups is 2. The Labute approximate surface area is 223 Å². The van der Waals surface area contributed by atoms with E-state index in [-0.39, 0.29) is 17.6 Å². The van der Waals surface area contributed by atoms with Crippen LogP contribution in [0.4, 0.5) is 11.4 Å². The summed E-state index contributed by atoms with van der Waals surface area (Å²) in [6, 6.07) is 22.3. The normalized spacial score (nSPS) is 16.1. The molecule has 0 unspecified atom stereocenters. The van der Waals surface area contributed by atoms with E-state index in [0.717, 1.165) is 33.5 Å². The minimum Gasteiger partial charge on any atom is -0.494 e. The zero-order valence-electron chi connectivity index (χ0n) is 20.7. The van der Waals surface area contributed by atoms with Crippen LogP contribution >= 0.6 is 11.8 Å². The van der Waals surface area contributed by atoms with Crippen LogP contribution < -0.4 is 10.1 Å². The van der Waals surface area contributed by atoms with Gasteiger partial charge in [-0.05, 0) is 55.0 Å². The van der Waals surface area contributed by atoms with Crippen molar-refractivity contribution in [2.24, 2.45) is 9.98 Å². The van der Waals surface area contributed by atoms with Crippen LogP contribution in [0.3, 0.4) is 0 Å². The second-order valence-corrected chi connectivity index (χ2v) is 9.85. The number of carbonyl (C=O) groups is 2. The number of anilines is 1. The molecule has 0 saturated carbocycles. The van der Waals surface area contributed by atoms with Crippen molar-refractivity contribution in [2.75, 3.05) is 17.7 Å². The van der Waals surface area contributed by atoms with E-state index in [1.807, 2.05) is 73.8 Å². The third kappa shape index (κ3) is 4.56. The summed E-state index contributed by atoms with van der Waals surface area (Å²) in [7, 11) is 0. The molecule has 2 aliphatic rings. The molecule has 9 heteroatoms. The molecule has 8 nitrogen and oxygen atoms in total. The van der Waals surface area contributed by atoms with Gasteiger partial charge in [0.2, 0.25) is 5.91 Å². The predicted octanol–water partition coefficient (Wildman–Crippen LogP) is 5.14. The molecule has 6 rings (SSSR count). The van der Waals surface area contributed by atoms with Crippen LogP contribution in [0.15, 0.2) is 89.0 Å². The van der Waals surface area contributed by atoms with Gasteiger partial charge < -0.3 is 15.0 Å². The number of para-hydroxylation sites is 2. The Morgan fingerprint density at radius 1 is 1.08 bits per heavy atom. The maximum absolute atomic E-state index is 13.6. The number of fused-ring (bicyclic) bond motifs is 4. The third-order valence-electron chi connectivity index (χ3n) is 6.42. The highest BCUT2D eigenvalue weighted by Crippen LogP contribution is 2.34. The first-order valence-electron chi connectivity index (χ1n) is 12.4. The molecule has 3 heterocycles. The Hall–Kier alpha value is -4.37. The summed E-state index contributed by atoms with van der Waals surface area (Å²) < 4.78 is 5.45. The number of hydrogen-bond acceptors (Lipinski definition) is 6. The first kappa shape index (κ1) is 24.0. The quantitative estimate of drug-likeness (QED) is 0.350. The Morgan fingerprint density at radius 3 is 2.71 bits per heavy atom. The lowest BCUT2D eigenvalue weighted by atomic mass is 10.1. The van der Waals surface area contributed by atoms with Crippen molar-refractivity contribution < 1.29 is 14.3 Å². The van der Waals surface area contributed by atoms with Gasteiger partial charge in [0, 0.05) is 34.8 Å². The topological polar surface area (TPSA) is 99.1 Å². The number of carbonyl (C=O) groups excluding carboxylic acids is 2. The number of aromatic nitrogens is 1. The minimum atomic E-state index is -0.571. The lowest BCUT2D eigenvalue weighted by molar-refractivity contribution is -0.124. The molecule has 1 aromatic heterocycles. The Bertz CT molecular complexity index is 1590. The minimum absolute atomic E-state index is 0.0956. The van der Waals surface area contributed by atoms with Crippen molar-refractivity contribution >= 4 is 56.9 Å². The van der Waals surface area contributed by atoms with Crippen molar-refractivity contribution in [3.8, 4) is 5.75 Å². The highest BCUT2D eigenvalue weighted by Gasteiger charge is 2.41. The molecule has 0 saturated heterocycles. The van der Waals surface area contributed by atoms with Gasteiger partial charge in [0.25, 0.3) is 5.91 Å². The molecule has 0 aliphatic carbocycles. The molecule has 2 amide bonds. The van der Waals surface area contributed by atoms with E-state index in [2.05, 4.69) is 10.3 Å². The Kier molecular flexibility index (Phi) is 6.43. The SMILES string of the molecule is CCOc1ccc(NC(=O)CSC2=Nc3ccccc3C3=N[C@H](Cc4c[nH]c5ccccc45)C(=O)N23)cc1. The van der Waals surface area contributed by atoms with E-state index in [9.17, 15) is 9.59 Å². The summed E-state index contributed by atoms with van der Waals surface area (Å²) in [5.41, 5.74) is 4.29. The van der Waals surface area contributed by atoms with Gasteiger partial charge in [-0.2, -0.15) is 0 Å². The number of thioether (sulfide) groups is 1. The van der Waals surface area contributed by atoms with Gasteiger partial charge in [0.1, 0.15) is 17.6 Å². The highest BCUT2D eigenvalue weighted by molar-refractivity contribution is 8.14. The number of hydrogen-bond donors (Lipinski definition) is 2. The maximum atomic E-state index is 13.6. The monoisotopic (exact) mass is 523 g/mol. The van der Waals surface area contributed by atoms with Crippen LogP contribution in [-0.4, -0.2) is 51.1 Å². The van der Waals surface area contributed by atoms with Gasteiger partial charge in [0.05, 0.1) is 18.0 Å². The second-order valence-electron chi connectivity index (χ2n) is 8.91. The van der Waals surface area contributed by atoms with Crippen LogP contribution in [0.5, 0.6) is 5.75 Å². The van der Waals surface area contributed by atoms with Crippen molar-refractivity contribution in [3.05, 3.63) is 90.1 Å². The fraction of sp³-hybridized carbons (Fsp3) is 0.172. The maximum Gasteiger partial charge on any atom is 0.259 e. The molecule has 3 aromatic carbocycles. The van der Waals surface area contributed by atoms with Crippen molar-refractivity contribution in [1.29, 1.82) is 0 Å². The molecule has 1 atom stereocenters. The van der Waals surface area contributed by atoms with Crippen molar-refractivity contribution in [2.45, 2.75) is 19.4 Å². The van der Waals surface area contributed by atoms with Gasteiger partial charge in [0.15, 0.2) is 5.17 Å². The average molecular weight is 524 g/mol. The van der Waals surface area contributed by atoms with E-state index in [4.69, 9.17) is 14.7 Å². The molecule has 4 aromatic rings. The zero-order valence-corrected chi connectivity index (χ0v) is 21.5. The summed E-state index contributed by atoms with van der Waals surface area (Å²) in [6.45, 7) is 2.50. The van der Waals surface area contributed by atoms with Crippen molar-refractivity contribution in [1.82, 2.24) is 9.88 Å². The Morgan fingerprint density at radius 2 is 1.87 bits per heavy atom. The highest BCUT2D eigenvalue weighted by atomic mass is 32.2. The summed E-state index contributed by atoms with van der Waals surface area (Å²) in [5, 5.41) is 4.43. The van der Waals surface area contributed by atoms with Gasteiger partial charge in [-0.3, -0.25) is 14.6 Å². The molecular weight excluding hydrogens is 498 g/mol. The van der Waals surface area contributed by atoms with Crippen LogP contribution in [-0.2, 0) is 16.0 Å². The van der Waals surface area contributed by atoms with E-state index in [0.29, 0.717) is 29.7 Å². The lowest BCUT2D eigenvalue weighted by Gasteiger charge is -2.25. The van der Waals surface area contributed by atoms with Gasteiger partial charge >= 0.3 is 0 Å². The molecule has 190 valence electrons. The van der Waals surface area contributed by atoms with E-state index in [1.165, 1.54) is 11.8 Å². The fourth-order valence-electron chi connectivity index (χ4n) is 4.67. The van der Waals surface area contributed by atoms with Crippen LogP contribution in [0.1, 0.15) is 18.1 Å². The fourth-order valence-corrected chi connectivity index (χ4v) is 5.47. The number of aromatic amines is 1. The number of amides is 2. The number of benzene rings is 3. The summed E-state index contributed by atoms with van der Waals surface area (Å²) in [6.07, 6.45) is 2.42. The summed E-state index contributed by atoms with van der Waals surface area (Å²) in [5.74, 6) is 1.09. The van der Waals surface area contributed by atoms with Gasteiger partial charge in [-0.1, -0.05) is 42.1 Å². The van der Waals surface area contributed by atoms with E-state index >= 15 is 0 Å². The van der Waals surface area contributed by atoms with E-state index in [1.54, 1.807) is 17.0 Å². The molecule has 0 spiro atoms. The predicted molar refractivity (Wildman–Crippen MR) is 151 cm³/mol. The smallest absolute Gasteiger partial charge is 0.259 e. The van der Waals surface area contributed by atoms with Gasteiger partial charge in [-0.15, -0.1) is 0 Å². The molecular formula is C29H25N5O3S. The zero-order chi connectivity index (χ0) is 26.1. The van der Waals surface area contributed by atoms with Crippen molar-refractivity contribution in [3.63, 3.8) is 0 Å². The number of rotatable bonds is 7. The first-order valence-corrected chi connectivity index (χ1v) is 13.4. The van der Waals surface area contributed by atoms with E-state index < -0.39 is 6.04 Å². The molecule has 0 fully saturated rings. The molecule has 0 bridgehead atoms. The summed E-state index contributed by atoms with van der Waals surface area (Å²) >= 11 is 1.22. The molecule has 0 radical (unpaired) electrons. The number of ether oxygens (including phenoxy) is 1. The standard InChI is InChI=1S/C29H25N5O3S/c1-2-37-20-13-11-19(12-14-20)31-26(35)17-38-29-33-24-10-6-4-8-22(24)27-32-25(28(36)34(27)29)15-18-16-30-23-9-5-3-7-21(18)23/h3-14,16,25,30H,2,15,17H2,1H3,(H,31,35)/t25-/m1/s1. The second kappa shape index (κ2) is 10.2. The summed E-state index contributed by atoms with van der Waals surface area (Å²) in [4.78, 5) is 40.8. The Balaban J connectivity index is 1.20. The first-order chi connectivity index (χ1) is 18.6. The number of nitrogens with zero attached hydrogens (tertiary/aromatic N) is 3. The van der Waals surface area contributed by atoms with Gasteiger partial charge in [-0.25, -0.2) is 9.89 Å². The van der Waals surface area contributed by atoms with Crippen LogP contribution in [0.25, 0.3) is 10.9 Å². The molecule has 2 aliphatic heterocycles.